The summed E-state index contributed by atoms with van der Waals surface area (Å²) in [7, 11) is 0. The third kappa shape index (κ3) is 3.41. The molecule has 0 aliphatic carbocycles. The van der Waals surface area contributed by atoms with Crippen LogP contribution in [0.15, 0.2) is 40.9 Å². The zero-order valence-corrected chi connectivity index (χ0v) is 11.8. The molecule has 1 nitrogen and oxygen atoms in total. The van der Waals surface area contributed by atoms with Crippen molar-refractivity contribution < 1.29 is 27.1 Å². The fourth-order valence-electron chi connectivity index (χ4n) is 1.90. The third-order valence-electron chi connectivity index (χ3n) is 2.87. The van der Waals surface area contributed by atoms with Crippen molar-refractivity contribution in [1.82, 2.24) is 0 Å². The van der Waals surface area contributed by atoms with Gasteiger partial charge in [0.05, 0.1) is 5.56 Å². The molecule has 0 heterocycles. The SMILES string of the molecule is OC(c1cc(Br)ccc1F)c1ccc(F)cc1C(F)(F)F. The van der Waals surface area contributed by atoms with Gasteiger partial charge in [-0.3, -0.25) is 0 Å². The number of alkyl halides is 3. The van der Waals surface area contributed by atoms with Gasteiger partial charge in [-0.1, -0.05) is 22.0 Å². The highest BCUT2D eigenvalue weighted by atomic mass is 79.9. The zero-order valence-electron chi connectivity index (χ0n) is 10.3. The highest BCUT2D eigenvalue weighted by Gasteiger charge is 2.36. The van der Waals surface area contributed by atoms with Gasteiger partial charge in [0, 0.05) is 10.0 Å². The quantitative estimate of drug-likeness (QED) is 0.755. The maximum atomic E-state index is 13.7. The summed E-state index contributed by atoms with van der Waals surface area (Å²) in [5, 5.41) is 10.0. The molecule has 0 aliphatic heterocycles. The van der Waals surface area contributed by atoms with E-state index in [4.69, 9.17) is 0 Å². The molecule has 0 saturated carbocycles. The molecule has 112 valence electrons. The lowest BCUT2D eigenvalue weighted by Gasteiger charge is -2.18. The maximum Gasteiger partial charge on any atom is 0.416 e. The topological polar surface area (TPSA) is 20.2 Å². The van der Waals surface area contributed by atoms with E-state index in [1.807, 2.05) is 0 Å². The molecule has 2 rings (SSSR count). The number of hydrogen-bond donors (Lipinski definition) is 1. The Bertz CT molecular complexity index is 669. The summed E-state index contributed by atoms with van der Waals surface area (Å²) in [6, 6.07) is 5.38. The van der Waals surface area contributed by atoms with Crippen molar-refractivity contribution in [1.29, 1.82) is 0 Å². The average Bonchev–Trinajstić information content (AvgIpc) is 2.40. The zero-order chi connectivity index (χ0) is 15.8. The lowest BCUT2D eigenvalue weighted by atomic mass is 9.96. The average molecular weight is 367 g/mol. The molecule has 21 heavy (non-hydrogen) atoms. The number of benzene rings is 2. The first-order chi connectivity index (χ1) is 9.70. The van der Waals surface area contributed by atoms with Gasteiger partial charge in [-0.15, -0.1) is 0 Å². The van der Waals surface area contributed by atoms with E-state index < -0.39 is 35.0 Å². The van der Waals surface area contributed by atoms with Gasteiger partial charge in [-0.05, 0) is 35.9 Å². The summed E-state index contributed by atoms with van der Waals surface area (Å²) >= 11 is 3.05. The van der Waals surface area contributed by atoms with Crippen LogP contribution < -0.4 is 0 Å². The highest BCUT2D eigenvalue weighted by Crippen LogP contribution is 2.37. The number of rotatable bonds is 2. The van der Waals surface area contributed by atoms with E-state index in [-0.39, 0.29) is 11.6 Å². The van der Waals surface area contributed by atoms with Crippen LogP contribution in [-0.2, 0) is 6.18 Å². The molecule has 7 heteroatoms. The Morgan fingerprint density at radius 3 is 2.24 bits per heavy atom. The molecule has 0 amide bonds. The normalized spacial score (nSPS) is 13.3. The minimum atomic E-state index is -4.86. The van der Waals surface area contributed by atoms with Gasteiger partial charge in [0.25, 0.3) is 0 Å². The van der Waals surface area contributed by atoms with Gasteiger partial charge in [0.2, 0.25) is 0 Å². The first-order valence-corrected chi connectivity index (χ1v) is 6.49. The second kappa shape index (κ2) is 5.73. The molecule has 1 unspecified atom stereocenters. The van der Waals surface area contributed by atoms with E-state index in [0.717, 1.165) is 18.2 Å². The van der Waals surface area contributed by atoms with Crippen LogP contribution in [0.1, 0.15) is 22.8 Å². The van der Waals surface area contributed by atoms with Crippen LogP contribution in [0.3, 0.4) is 0 Å². The second-order valence-corrected chi connectivity index (χ2v) is 5.21. The first-order valence-electron chi connectivity index (χ1n) is 5.70. The largest absolute Gasteiger partial charge is 0.416 e. The van der Waals surface area contributed by atoms with E-state index in [9.17, 15) is 27.1 Å². The Hall–Kier alpha value is -1.47. The fraction of sp³-hybridized carbons (Fsp3) is 0.143. The Balaban J connectivity index is 2.58. The number of aliphatic hydroxyl groups is 1. The number of hydrogen-bond acceptors (Lipinski definition) is 1. The van der Waals surface area contributed by atoms with Crippen LogP contribution in [0.25, 0.3) is 0 Å². The third-order valence-corrected chi connectivity index (χ3v) is 3.36. The molecule has 0 saturated heterocycles. The molecule has 2 aromatic rings. The van der Waals surface area contributed by atoms with Gasteiger partial charge in [0.1, 0.15) is 17.7 Å². The van der Waals surface area contributed by atoms with E-state index >= 15 is 0 Å². The highest BCUT2D eigenvalue weighted by molar-refractivity contribution is 9.10. The van der Waals surface area contributed by atoms with Crippen LogP contribution in [0, 0.1) is 11.6 Å². The van der Waals surface area contributed by atoms with Crippen molar-refractivity contribution in [3.05, 3.63) is 69.2 Å². The van der Waals surface area contributed by atoms with Crippen LogP contribution in [0.5, 0.6) is 0 Å². The molecular weight excluding hydrogens is 359 g/mol. The molecule has 1 N–H and O–H groups in total. The van der Waals surface area contributed by atoms with E-state index in [2.05, 4.69) is 15.9 Å². The molecule has 2 aromatic carbocycles. The Morgan fingerprint density at radius 1 is 0.952 bits per heavy atom. The fourth-order valence-corrected chi connectivity index (χ4v) is 2.28. The second-order valence-electron chi connectivity index (χ2n) is 4.30. The first kappa shape index (κ1) is 15.9. The molecule has 0 radical (unpaired) electrons. The van der Waals surface area contributed by atoms with Crippen LogP contribution in [0.2, 0.25) is 0 Å². The predicted molar refractivity (Wildman–Crippen MR) is 69.6 cm³/mol. The molecule has 1 atom stereocenters. The van der Waals surface area contributed by atoms with Crippen LogP contribution >= 0.6 is 15.9 Å². The van der Waals surface area contributed by atoms with Gasteiger partial charge >= 0.3 is 6.18 Å². The Labute approximate surface area is 125 Å². The van der Waals surface area contributed by atoms with Crippen molar-refractivity contribution in [2.75, 3.05) is 0 Å². The minimum absolute atomic E-state index is 0.272. The summed E-state index contributed by atoms with van der Waals surface area (Å²) in [5.74, 6) is -1.95. The number of halogens is 6. The predicted octanol–water partition coefficient (Wildman–Crippen LogP) is 4.83. The Morgan fingerprint density at radius 2 is 1.62 bits per heavy atom. The molecule has 0 aromatic heterocycles. The Kier molecular flexibility index (Phi) is 4.34. The molecule has 0 fully saturated rings. The molecule has 0 aliphatic rings. The van der Waals surface area contributed by atoms with Gasteiger partial charge in [0.15, 0.2) is 0 Å². The molecule has 0 bridgehead atoms. The molecule has 0 spiro atoms. The number of aliphatic hydroxyl groups excluding tert-OH is 1. The van der Waals surface area contributed by atoms with Crippen LogP contribution in [-0.4, -0.2) is 5.11 Å². The van der Waals surface area contributed by atoms with Gasteiger partial charge in [-0.25, -0.2) is 8.78 Å². The lowest BCUT2D eigenvalue weighted by Crippen LogP contribution is -2.14. The van der Waals surface area contributed by atoms with Crippen LogP contribution in [0.4, 0.5) is 22.0 Å². The minimum Gasteiger partial charge on any atom is -0.384 e. The van der Waals surface area contributed by atoms with Crippen molar-refractivity contribution in [2.45, 2.75) is 12.3 Å². The van der Waals surface area contributed by atoms with Crippen molar-refractivity contribution in [3.8, 4) is 0 Å². The van der Waals surface area contributed by atoms with Crippen molar-refractivity contribution >= 4 is 15.9 Å². The van der Waals surface area contributed by atoms with Gasteiger partial charge in [-0.2, -0.15) is 13.2 Å². The summed E-state index contributed by atoms with van der Waals surface area (Å²) in [6.45, 7) is 0. The summed E-state index contributed by atoms with van der Waals surface area (Å²) in [4.78, 5) is 0. The van der Waals surface area contributed by atoms with E-state index in [0.29, 0.717) is 4.47 Å². The maximum absolute atomic E-state index is 13.7. The molecular formula is C14H8BrF5O. The van der Waals surface area contributed by atoms with Gasteiger partial charge < -0.3 is 5.11 Å². The summed E-state index contributed by atoms with van der Waals surface area (Å²) in [5.41, 5.74) is -2.28. The van der Waals surface area contributed by atoms with Crippen molar-refractivity contribution in [3.63, 3.8) is 0 Å². The summed E-state index contributed by atoms with van der Waals surface area (Å²) in [6.07, 6.45) is -6.72. The van der Waals surface area contributed by atoms with Crippen molar-refractivity contribution in [2.24, 2.45) is 0 Å². The lowest BCUT2D eigenvalue weighted by molar-refractivity contribution is -0.139. The standard InChI is InChI=1S/C14H8BrF5O/c15-7-1-4-12(17)10(5-7)13(21)9-3-2-8(16)6-11(9)14(18,19)20/h1-6,13,21H. The monoisotopic (exact) mass is 366 g/mol. The van der Waals surface area contributed by atoms with E-state index in [1.54, 1.807) is 0 Å². The summed E-state index contributed by atoms with van der Waals surface area (Å²) < 4.78 is 65.8. The smallest absolute Gasteiger partial charge is 0.384 e. The van der Waals surface area contributed by atoms with E-state index in [1.165, 1.54) is 12.1 Å².